The lowest BCUT2D eigenvalue weighted by Gasteiger charge is -2.21. The highest BCUT2D eigenvalue weighted by molar-refractivity contribution is 6.31. The fourth-order valence-corrected chi connectivity index (χ4v) is 3.40. The number of hydrogen-bond acceptors (Lipinski definition) is 3. The first kappa shape index (κ1) is 19.9. The van der Waals surface area contributed by atoms with E-state index in [0.717, 1.165) is 48.4 Å². The third kappa shape index (κ3) is 6.75. The zero-order valence-corrected chi connectivity index (χ0v) is 16.4. The molecule has 0 spiro atoms. The average molecular weight is 367 g/mol. The Kier molecular flexibility index (Phi) is 8.35. The molecule has 1 fully saturated rings. The molecule has 0 aromatic heterocycles. The van der Waals surface area contributed by atoms with Gasteiger partial charge in [0, 0.05) is 31.7 Å². The van der Waals surface area contributed by atoms with Crippen molar-refractivity contribution in [2.75, 3.05) is 46.9 Å². The van der Waals surface area contributed by atoms with Crippen molar-refractivity contribution in [2.24, 2.45) is 10.9 Å². The molecule has 0 aliphatic carbocycles. The Balaban J connectivity index is 1.69. The van der Waals surface area contributed by atoms with Gasteiger partial charge in [0.15, 0.2) is 5.96 Å². The summed E-state index contributed by atoms with van der Waals surface area (Å²) in [5.41, 5.74) is 1.10. The van der Waals surface area contributed by atoms with E-state index in [2.05, 4.69) is 27.4 Å². The molecule has 1 aromatic rings. The van der Waals surface area contributed by atoms with Crippen molar-refractivity contribution in [1.29, 1.82) is 0 Å². The number of aliphatic imine (C=N–C) groups is 1. The number of benzene rings is 1. The van der Waals surface area contributed by atoms with E-state index < -0.39 is 0 Å². The Morgan fingerprint density at radius 2 is 2.08 bits per heavy atom. The van der Waals surface area contributed by atoms with E-state index in [4.69, 9.17) is 16.3 Å². The number of hydrogen-bond donors (Lipinski definition) is 2. The third-order valence-corrected chi connectivity index (χ3v) is 4.91. The minimum absolute atomic E-state index is 0.604. The lowest BCUT2D eigenvalue weighted by molar-refractivity contribution is 0.287. The van der Waals surface area contributed by atoms with E-state index in [1.807, 2.05) is 18.2 Å². The van der Waals surface area contributed by atoms with Gasteiger partial charge < -0.3 is 20.3 Å². The van der Waals surface area contributed by atoms with Gasteiger partial charge >= 0.3 is 0 Å². The van der Waals surface area contributed by atoms with Crippen LogP contribution in [-0.4, -0.2) is 57.7 Å². The molecule has 1 aliphatic heterocycles. The van der Waals surface area contributed by atoms with Crippen molar-refractivity contribution in [2.45, 2.75) is 26.2 Å². The standard InChI is InChI=1S/C19H31ClN4O/c1-15(14-24-10-4-5-11-24)13-23-19(21-2)22-9-8-16-6-7-17(25-3)12-18(16)20/h6-7,12,15H,4-5,8-11,13-14H2,1-3H3,(H2,21,22,23). The van der Waals surface area contributed by atoms with Crippen molar-refractivity contribution in [1.82, 2.24) is 15.5 Å². The Morgan fingerprint density at radius 3 is 2.72 bits per heavy atom. The van der Waals surface area contributed by atoms with Crippen LogP contribution in [0.1, 0.15) is 25.3 Å². The number of nitrogens with zero attached hydrogens (tertiary/aromatic N) is 2. The van der Waals surface area contributed by atoms with Gasteiger partial charge in [-0.1, -0.05) is 24.6 Å². The largest absolute Gasteiger partial charge is 0.497 e. The van der Waals surface area contributed by atoms with Crippen LogP contribution in [0.15, 0.2) is 23.2 Å². The molecule has 1 unspecified atom stereocenters. The summed E-state index contributed by atoms with van der Waals surface area (Å²) in [4.78, 5) is 6.85. The lowest BCUT2D eigenvalue weighted by Crippen LogP contribution is -2.42. The molecule has 6 heteroatoms. The van der Waals surface area contributed by atoms with Crippen molar-refractivity contribution in [3.63, 3.8) is 0 Å². The van der Waals surface area contributed by atoms with Crippen molar-refractivity contribution in [3.05, 3.63) is 28.8 Å². The van der Waals surface area contributed by atoms with Crippen molar-refractivity contribution >= 4 is 17.6 Å². The van der Waals surface area contributed by atoms with Gasteiger partial charge in [-0.3, -0.25) is 4.99 Å². The second-order valence-corrected chi connectivity index (χ2v) is 7.11. The molecule has 1 heterocycles. The van der Waals surface area contributed by atoms with Gasteiger partial charge in [0.1, 0.15) is 5.75 Å². The van der Waals surface area contributed by atoms with Crippen LogP contribution in [0.2, 0.25) is 5.02 Å². The summed E-state index contributed by atoms with van der Waals surface area (Å²) in [6, 6.07) is 5.80. The molecule has 5 nitrogen and oxygen atoms in total. The minimum Gasteiger partial charge on any atom is -0.497 e. The first-order chi connectivity index (χ1) is 12.1. The van der Waals surface area contributed by atoms with E-state index in [0.29, 0.717) is 5.92 Å². The number of nitrogens with one attached hydrogen (secondary N) is 2. The summed E-state index contributed by atoms with van der Waals surface area (Å²) < 4.78 is 5.18. The van der Waals surface area contributed by atoms with Crippen LogP contribution in [-0.2, 0) is 6.42 Å². The number of likely N-dealkylation sites (tertiary alicyclic amines) is 1. The SMILES string of the molecule is CN=C(NCCc1ccc(OC)cc1Cl)NCC(C)CN1CCCC1. The summed E-state index contributed by atoms with van der Waals surface area (Å²) >= 11 is 6.28. The summed E-state index contributed by atoms with van der Waals surface area (Å²) in [5, 5.41) is 7.52. The van der Waals surface area contributed by atoms with Gasteiger partial charge in [0.05, 0.1) is 7.11 Å². The molecule has 140 valence electrons. The van der Waals surface area contributed by atoms with Crippen LogP contribution in [0.25, 0.3) is 0 Å². The monoisotopic (exact) mass is 366 g/mol. The smallest absolute Gasteiger partial charge is 0.190 e. The third-order valence-electron chi connectivity index (χ3n) is 4.56. The molecule has 0 amide bonds. The maximum atomic E-state index is 6.28. The van der Waals surface area contributed by atoms with Crippen LogP contribution in [0.3, 0.4) is 0 Å². The first-order valence-electron chi connectivity index (χ1n) is 9.11. The summed E-state index contributed by atoms with van der Waals surface area (Å²) in [5.74, 6) is 2.23. The number of ether oxygens (including phenoxy) is 1. The predicted molar refractivity (Wildman–Crippen MR) is 106 cm³/mol. The van der Waals surface area contributed by atoms with E-state index in [-0.39, 0.29) is 0 Å². The fraction of sp³-hybridized carbons (Fsp3) is 0.632. The second kappa shape index (κ2) is 10.5. The number of halogens is 1. The molecule has 2 N–H and O–H groups in total. The Hall–Kier alpha value is -1.46. The van der Waals surface area contributed by atoms with Crippen molar-refractivity contribution < 1.29 is 4.74 Å². The topological polar surface area (TPSA) is 48.9 Å². The molecule has 25 heavy (non-hydrogen) atoms. The highest BCUT2D eigenvalue weighted by Gasteiger charge is 2.14. The van der Waals surface area contributed by atoms with E-state index >= 15 is 0 Å². The summed E-state index contributed by atoms with van der Waals surface area (Å²) in [6.07, 6.45) is 3.53. The molecule has 1 aromatic carbocycles. The quantitative estimate of drug-likeness (QED) is 0.548. The number of methoxy groups -OCH3 is 1. The highest BCUT2D eigenvalue weighted by Crippen LogP contribution is 2.22. The molecular weight excluding hydrogens is 336 g/mol. The normalized spacial score (nSPS) is 16.7. The van der Waals surface area contributed by atoms with Gasteiger partial charge in [-0.15, -0.1) is 0 Å². The molecular formula is C19H31ClN4O. The van der Waals surface area contributed by atoms with Gasteiger partial charge in [0.25, 0.3) is 0 Å². The van der Waals surface area contributed by atoms with Gasteiger partial charge in [-0.2, -0.15) is 0 Å². The van der Waals surface area contributed by atoms with Crippen LogP contribution in [0.4, 0.5) is 0 Å². The Labute approximate surface area is 156 Å². The molecule has 1 aliphatic rings. The Morgan fingerprint density at radius 1 is 1.32 bits per heavy atom. The summed E-state index contributed by atoms with van der Waals surface area (Å²) in [7, 11) is 3.45. The molecule has 1 saturated heterocycles. The lowest BCUT2D eigenvalue weighted by atomic mass is 10.1. The minimum atomic E-state index is 0.604. The molecule has 0 bridgehead atoms. The molecule has 2 rings (SSSR count). The predicted octanol–water partition coefficient (Wildman–Crippen LogP) is 2.79. The van der Waals surface area contributed by atoms with Crippen LogP contribution >= 0.6 is 11.6 Å². The zero-order valence-electron chi connectivity index (χ0n) is 15.6. The van der Waals surface area contributed by atoms with Gasteiger partial charge in [0.2, 0.25) is 0 Å². The van der Waals surface area contributed by atoms with Crippen LogP contribution in [0, 0.1) is 5.92 Å². The molecule has 0 radical (unpaired) electrons. The van der Waals surface area contributed by atoms with Gasteiger partial charge in [-0.05, 0) is 56.0 Å². The van der Waals surface area contributed by atoms with E-state index in [1.54, 1.807) is 14.2 Å². The van der Waals surface area contributed by atoms with E-state index in [1.165, 1.54) is 25.9 Å². The second-order valence-electron chi connectivity index (χ2n) is 6.70. The summed E-state index contributed by atoms with van der Waals surface area (Å²) in [6.45, 7) is 7.66. The maximum Gasteiger partial charge on any atom is 0.190 e. The molecule has 0 saturated carbocycles. The van der Waals surface area contributed by atoms with Crippen LogP contribution < -0.4 is 15.4 Å². The zero-order chi connectivity index (χ0) is 18.1. The van der Waals surface area contributed by atoms with E-state index in [9.17, 15) is 0 Å². The maximum absolute atomic E-state index is 6.28. The van der Waals surface area contributed by atoms with Gasteiger partial charge in [-0.25, -0.2) is 0 Å². The van der Waals surface area contributed by atoms with Crippen molar-refractivity contribution in [3.8, 4) is 5.75 Å². The number of rotatable bonds is 8. The average Bonchev–Trinajstić information content (AvgIpc) is 3.11. The Bertz CT molecular complexity index is 558. The highest BCUT2D eigenvalue weighted by atomic mass is 35.5. The first-order valence-corrected chi connectivity index (χ1v) is 9.49. The number of guanidine groups is 1. The van der Waals surface area contributed by atoms with Crippen LogP contribution in [0.5, 0.6) is 5.75 Å². The molecule has 1 atom stereocenters. The fourth-order valence-electron chi connectivity index (χ4n) is 3.14.